The Kier molecular flexibility index (Phi) is 4.53. The summed E-state index contributed by atoms with van der Waals surface area (Å²) in [4.78, 5) is 13.9. The van der Waals surface area contributed by atoms with E-state index in [0.717, 1.165) is 5.56 Å². The molecular formula is C13H17N3O. The van der Waals surface area contributed by atoms with Crippen molar-refractivity contribution in [3.8, 4) is 6.07 Å². The number of amides is 1. The summed E-state index contributed by atoms with van der Waals surface area (Å²) in [6.07, 6.45) is 0.348. The summed E-state index contributed by atoms with van der Waals surface area (Å²) in [6, 6.07) is 7.36. The zero-order chi connectivity index (χ0) is 12.8. The predicted molar refractivity (Wildman–Crippen MR) is 67.4 cm³/mol. The number of nitrogens with zero attached hydrogens (tertiary/aromatic N) is 2. The molecule has 0 aromatic heterocycles. The van der Waals surface area contributed by atoms with E-state index in [1.807, 2.05) is 19.9 Å². The molecule has 0 saturated heterocycles. The van der Waals surface area contributed by atoms with Gasteiger partial charge in [0.15, 0.2) is 0 Å². The molecule has 0 radical (unpaired) electrons. The van der Waals surface area contributed by atoms with Crippen LogP contribution in [-0.4, -0.2) is 23.9 Å². The van der Waals surface area contributed by atoms with Gasteiger partial charge in [0.25, 0.3) is 5.91 Å². The average molecular weight is 231 g/mol. The zero-order valence-electron chi connectivity index (χ0n) is 10.2. The van der Waals surface area contributed by atoms with E-state index >= 15 is 0 Å². The lowest BCUT2D eigenvalue weighted by atomic mass is 10.1. The number of nitrogen functional groups attached to an aromatic ring is 1. The van der Waals surface area contributed by atoms with Gasteiger partial charge in [-0.2, -0.15) is 5.26 Å². The monoisotopic (exact) mass is 231 g/mol. The maximum Gasteiger partial charge on any atom is 0.254 e. The summed E-state index contributed by atoms with van der Waals surface area (Å²) in [6.45, 7) is 4.78. The lowest BCUT2D eigenvalue weighted by Crippen LogP contribution is -2.32. The minimum Gasteiger partial charge on any atom is -0.398 e. The third-order valence-corrected chi connectivity index (χ3v) is 2.77. The fourth-order valence-corrected chi connectivity index (χ4v) is 1.64. The van der Waals surface area contributed by atoms with Gasteiger partial charge in [-0.15, -0.1) is 0 Å². The van der Waals surface area contributed by atoms with E-state index in [-0.39, 0.29) is 5.91 Å². The number of nitrogens with two attached hydrogens (primary N) is 1. The van der Waals surface area contributed by atoms with Crippen LogP contribution >= 0.6 is 0 Å². The minimum absolute atomic E-state index is 0.0625. The molecule has 0 aliphatic rings. The molecule has 1 aromatic carbocycles. The third kappa shape index (κ3) is 2.97. The van der Waals surface area contributed by atoms with Crippen LogP contribution in [0.4, 0.5) is 5.69 Å². The Labute approximate surface area is 102 Å². The van der Waals surface area contributed by atoms with Crippen LogP contribution in [0.25, 0.3) is 0 Å². The first-order chi connectivity index (χ1) is 8.11. The molecule has 0 aliphatic heterocycles. The number of anilines is 1. The molecule has 0 heterocycles. The summed E-state index contributed by atoms with van der Waals surface area (Å²) in [5.41, 5.74) is 7.81. The van der Waals surface area contributed by atoms with E-state index in [1.54, 1.807) is 23.1 Å². The van der Waals surface area contributed by atoms with Crippen molar-refractivity contribution >= 4 is 11.6 Å². The van der Waals surface area contributed by atoms with Gasteiger partial charge in [0.05, 0.1) is 12.5 Å². The number of carbonyl (C=O) groups is 1. The Morgan fingerprint density at radius 1 is 1.53 bits per heavy atom. The molecule has 17 heavy (non-hydrogen) atoms. The fraction of sp³-hybridized carbons (Fsp3) is 0.385. The first kappa shape index (κ1) is 13.0. The van der Waals surface area contributed by atoms with Crippen molar-refractivity contribution in [2.24, 2.45) is 0 Å². The molecule has 0 atom stereocenters. The number of nitriles is 1. The maximum atomic E-state index is 12.2. The SMILES string of the molecule is CCN(CCC#N)C(=O)c1cccc(N)c1C. The summed E-state index contributed by atoms with van der Waals surface area (Å²) >= 11 is 0. The topological polar surface area (TPSA) is 70.1 Å². The van der Waals surface area contributed by atoms with Crippen molar-refractivity contribution in [2.45, 2.75) is 20.3 Å². The van der Waals surface area contributed by atoms with Gasteiger partial charge in [0.1, 0.15) is 0 Å². The average Bonchev–Trinajstić information content (AvgIpc) is 2.33. The first-order valence-electron chi connectivity index (χ1n) is 5.63. The molecule has 4 nitrogen and oxygen atoms in total. The van der Waals surface area contributed by atoms with Crippen LogP contribution in [0.15, 0.2) is 18.2 Å². The van der Waals surface area contributed by atoms with E-state index in [1.165, 1.54) is 0 Å². The van der Waals surface area contributed by atoms with Crippen LogP contribution in [0.5, 0.6) is 0 Å². The fourth-order valence-electron chi connectivity index (χ4n) is 1.64. The van der Waals surface area contributed by atoms with E-state index < -0.39 is 0 Å². The van der Waals surface area contributed by atoms with E-state index in [2.05, 4.69) is 0 Å². The number of benzene rings is 1. The molecule has 0 spiro atoms. The van der Waals surface area contributed by atoms with Crippen molar-refractivity contribution < 1.29 is 4.79 Å². The second-order valence-corrected chi connectivity index (χ2v) is 3.81. The van der Waals surface area contributed by atoms with Crippen molar-refractivity contribution in [1.82, 2.24) is 4.90 Å². The Morgan fingerprint density at radius 3 is 2.82 bits per heavy atom. The highest BCUT2D eigenvalue weighted by atomic mass is 16.2. The first-order valence-corrected chi connectivity index (χ1v) is 5.63. The minimum atomic E-state index is -0.0625. The van der Waals surface area contributed by atoms with Gasteiger partial charge in [-0.1, -0.05) is 6.07 Å². The second-order valence-electron chi connectivity index (χ2n) is 3.81. The van der Waals surface area contributed by atoms with Crippen molar-refractivity contribution in [1.29, 1.82) is 5.26 Å². The van der Waals surface area contributed by atoms with Gasteiger partial charge in [-0.25, -0.2) is 0 Å². The summed E-state index contributed by atoms with van der Waals surface area (Å²) in [5, 5.41) is 8.55. The quantitative estimate of drug-likeness (QED) is 0.805. The van der Waals surface area contributed by atoms with Gasteiger partial charge in [-0.05, 0) is 31.5 Å². The van der Waals surface area contributed by atoms with Crippen molar-refractivity contribution in [2.75, 3.05) is 18.8 Å². The molecular weight excluding hydrogens is 214 g/mol. The summed E-state index contributed by atoms with van der Waals surface area (Å²) in [5.74, 6) is -0.0625. The van der Waals surface area contributed by atoms with Crippen LogP contribution < -0.4 is 5.73 Å². The Morgan fingerprint density at radius 2 is 2.24 bits per heavy atom. The predicted octanol–water partition coefficient (Wildman–Crippen LogP) is 1.95. The highest BCUT2D eigenvalue weighted by molar-refractivity contribution is 5.96. The third-order valence-electron chi connectivity index (χ3n) is 2.77. The largest absolute Gasteiger partial charge is 0.398 e. The molecule has 0 aliphatic carbocycles. The highest BCUT2D eigenvalue weighted by Crippen LogP contribution is 2.17. The van der Waals surface area contributed by atoms with E-state index in [0.29, 0.717) is 30.8 Å². The van der Waals surface area contributed by atoms with Gasteiger partial charge >= 0.3 is 0 Å². The van der Waals surface area contributed by atoms with Crippen LogP contribution in [0, 0.1) is 18.3 Å². The van der Waals surface area contributed by atoms with Gasteiger partial charge in [-0.3, -0.25) is 4.79 Å². The summed E-state index contributed by atoms with van der Waals surface area (Å²) in [7, 11) is 0. The number of carbonyl (C=O) groups excluding carboxylic acids is 1. The molecule has 0 fully saturated rings. The van der Waals surface area contributed by atoms with Gasteiger partial charge < -0.3 is 10.6 Å². The summed E-state index contributed by atoms with van der Waals surface area (Å²) < 4.78 is 0. The zero-order valence-corrected chi connectivity index (χ0v) is 10.2. The lowest BCUT2D eigenvalue weighted by Gasteiger charge is -2.20. The Balaban J connectivity index is 2.94. The van der Waals surface area contributed by atoms with Crippen LogP contribution in [0.2, 0.25) is 0 Å². The van der Waals surface area contributed by atoms with Gasteiger partial charge in [0, 0.05) is 24.3 Å². The molecule has 0 unspecified atom stereocenters. The van der Waals surface area contributed by atoms with Crippen LogP contribution in [-0.2, 0) is 0 Å². The standard InChI is InChI=1S/C13H17N3O/c1-3-16(9-5-8-14)13(17)11-6-4-7-12(15)10(11)2/h4,6-7H,3,5,9,15H2,1-2H3. The second kappa shape index (κ2) is 5.90. The highest BCUT2D eigenvalue weighted by Gasteiger charge is 2.16. The molecule has 0 saturated carbocycles. The molecule has 90 valence electrons. The molecule has 2 N–H and O–H groups in total. The number of rotatable bonds is 4. The lowest BCUT2D eigenvalue weighted by molar-refractivity contribution is 0.0767. The normalized spacial score (nSPS) is 9.71. The van der Waals surface area contributed by atoms with Gasteiger partial charge in [0.2, 0.25) is 0 Å². The van der Waals surface area contributed by atoms with E-state index in [4.69, 9.17) is 11.0 Å². The molecule has 1 aromatic rings. The maximum absolute atomic E-state index is 12.2. The molecule has 1 rings (SSSR count). The van der Waals surface area contributed by atoms with Crippen LogP contribution in [0.3, 0.4) is 0 Å². The van der Waals surface area contributed by atoms with Crippen LogP contribution in [0.1, 0.15) is 29.3 Å². The van der Waals surface area contributed by atoms with Crippen molar-refractivity contribution in [3.63, 3.8) is 0 Å². The number of hydrogen-bond acceptors (Lipinski definition) is 3. The molecule has 0 bridgehead atoms. The molecule has 1 amide bonds. The Hall–Kier alpha value is -2.02. The number of hydrogen-bond donors (Lipinski definition) is 1. The molecule has 4 heteroatoms. The van der Waals surface area contributed by atoms with Crippen molar-refractivity contribution in [3.05, 3.63) is 29.3 Å². The van der Waals surface area contributed by atoms with E-state index in [9.17, 15) is 4.79 Å². The Bertz CT molecular complexity index is 448. The smallest absolute Gasteiger partial charge is 0.254 e.